The molecule has 0 unspecified atom stereocenters. The van der Waals surface area contributed by atoms with Crippen LogP contribution in [0.4, 0.5) is 0 Å². The Hall–Kier alpha value is -2.20. The van der Waals surface area contributed by atoms with E-state index in [9.17, 15) is 8.42 Å². The molecule has 0 bridgehead atoms. The van der Waals surface area contributed by atoms with Gasteiger partial charge in [-0.05, 0) is 38.1 Å². The SMILES string of the molecule is CCN(CC)S(=O)(=O)c1cccc(-c2nnc(SCCOC(C)C)n2-c2ccccc2)c1. The molecule has 0 N–H and O–H groups in total. The normalized spacial score (nSPS) is 12.1. The number of rotatable bonds is 11. The van der Waals surface area contributed by atoms with Crippen molar-refractivity contribution < 1.29 is 13.2 Å². The third kappa shape index (κ3) is 5.58. The highest BCUT2D eigenvalue weighted by Gasteiger charge is 2.23. The fraction of sp³-hybridized carbons (Fsp3) is 0.391. The molecule has 9 heteroatoms. The summed E-state index contributed by atoms with van der Waals surface area (Å²) in [6.07, 6.45) is 0.175. The molecule has 0 fully saturated rings. The summed E-state index contributed by atoms with van der Waals surface area (Å²) in [5, 5.41) is 9.57. The maximum atomic E-state index is 13.0. The first-order valence-electron chi connectivity index (χ1n) is 10.7. The fourth-order valence-corrected chi connectivity index (χ4v) is 5.57. The monoisotopic (exact) mass is 474 g/mol. The van der Waals surface area contributed by atoms with Gasteiger partial charge in [0.25, 0.3) is 0 Å². The van der Waals surface area contributed by atoms with Crippen LogP contribution in [0.3, 0.4) is 0 Å². The molecule has 0 amide bonds. The molecule has 7 nitrogen and oxygen atoms in total. The molecule has 0 aliphatic carbocycles. The highest BCUT2D eigenvalue weighted by Crippen LogP contribution is 2.29. The molecule has 1 heterocycles. The van der Waals surface area contributed by atoms with Gasteiger partial charge in [-0.3, -0.25) is 4.57 Å². The molecule has 0 aliphatic heterocycles. The van der Waals surface area contributed by atoms with Gasteiger partial charge in [-0.1, -0.05) is 55.9 Å². The Kier molecular flexibility index (Phi) is 8.47. The molecule has 0 atom stereocenters. The standard InChI is InChI=1S/C23H30N4O3S2/c1-5-26(6-2)32(28,29)21-14-10-11-19(17-21)22-24-25-23(31-16-15-30-18(3)4)27(22)20-12-8-7-9-13-20/h7-14,17-18H,5-6,15-16H2,1-4H3. The summed E-state index contributed by atoms with van der Waals surface area (Å²) in [5.41, 5.74) is 1.61. The summed E-state index contributed by atoms with van der Waals surface area (Å²) in [6, 6.07) is 16.7. The van der Waals surface area contributed by atoms with Gasteiger partial charge in [-0.15, -0.1) is 10.2 Å². The second kappa shape index (κ2) is 11.1. The Balaban J connectivity index is 2.01. The Morgan fingerprint density at radius 2 is 1.75 bits per heavy atom. The van der Waals surface area contributed by atoms with Crippen LogP contribution in [0.15, 0.2) is 64.6 Å². The van der Waals surface area contributed by atoms with E-state index in [1.807, 2.05) is 68.7 Å². The van der Waals surface area contributed by atoms with Gasteiger partial charge >= 0.3 is 0 Å². The van der Waals surface area contributed by atoms with Crippen LogP contribution in [0.2, 0.25) is 0 Å². The van der Waals surface area contributed by atoms with Crippen LogP contribution in [0.1, 0.15) is 27.7 Å². The average Bonchev–Trinajstić information content (AvgIpc) is 3.22. The van der Waals surface area contributed by atoms with Crippen LogP contribution in [0.25, 0.3) is 17.1 Å². The lowest BCUT2D eigenvalue weighted by Gasteiger charge is -2.19. The number of para-hydroxylation sites is 1. The lowest BCUT2D eigenvalue weighted by atomic mass is 10.2. The molecule has 3 rings (SSSR count). The Morgan fingerprint density at radius 3 is 2.41 bits per heavy atom. The Labute approximate surface area is 194 Å². The van der Waals surface area contributed by atoms with Crippen LogP contribution in [0, 0.1) is 0 Å². The van der Waals surface area contributed by atoms with Crippen molar-refractivity contribution in [2.75, 3.05) is 25.4 Å². The zero-order chi connectivity index (χ0) is 23.1. The predicted molar refractivity (Wildman–Crippen MR) is 129 cm³/mol. The number of aromatic nitrogens is 3. The van der Waals surface area contributed by atoms with E-state index >= 15 is 0 Å². The van der Waals surface area contributed by atoms with Gasteiger partial charge in [-0.25, -0.2) is 8.42 Å². The van der Waals surface area contributed by atoms with E-state index in [4.69, 9.17) is 4.74 Å². The van der Waals surface area contributed by atoms with Gasteiger partial charge in [0.2, 0.25) is 10.0 Å². The van der Waals surface area contributed by atoms with E-state index in [2.05, 4.69) is 10.2 Å². The lowest BCUT2D eigenvalue weighted by molar-refractivity contribution is 0.0920. The Bertz CT molecular complexity index is 1110. The summed E-state index contributed by atoms with van der Waals surface area (Å²) in [5.74, 6) is 1.33. The zero-order valence-electron chi connectivity index (χ0n) is 18.9. The van der Waals surface area contributed by atoms with E-state index in [1.165, 1.54) is 4.31 Å². The van der Waals surface area contributed by atoms with Crippen molar-refractivity contribution in [3.63, 3.8) is 0 Å². The smallest absolute Gasteiger partial charge is 0.243 e. The third-order valence-corrected chi connectivity index (χ3v) is 7.79. The summed E-state index contributed by atoms with van der Waals surface area (Å²) in [6.45, 7) is 9.14. The minimum atomic E-state index is -3.57. The maximum Gasteiger partial charge on any atom is 0.243 e. The van der Waals surface area contributed by atoms with Crippen LogP contribution in [-0.2, 0) is 14.8 Å². The van der Waals surface area contributed by atoms with E-state index in [0.717, 1.165) is 16.6 Å². The van der Waals surface area contributed by atoms with Crippen molar-refractivity contribution in [2.24, 2.45) is 0 Å². The number of sulfonamides is 1. The molecule has 0 radical (unpaired) electrons. The molecular formula is C23H30N4O3S2. The van der Waals surface area contributed by atoms with Crippen LogP contribution >= 0.6 is 11.8 Å². The van der Waals surface area contributed by atoms with Gasteiger partial charge in [0.15, 0.2) is 11.0 Å². The minimum absolute atomic E-state index is 0.175. The van der Waals surface area contributed by atoms with Crippen LogP contribution in [0.5, 0.6) is 0 Å². The molecule has 0 saturated carbocycles. The number of thioether (sulfide) groups is 1. The summed E-state index contributed by atoms with van der Waals surface area (Å²) in [4.78, 5) is 0.251. The van der Waals surface area contributed by atoms with Crippen molar-refractivity contribution in [2.45, 2.75) is 43.9 Å². The Morgan fingerprint density at radius 1 is 1.03 bits per heavy atom. The lowest BCUT2D eigenvalue weighted by Crippen LogP contribution is -2.30. The number of hydrogen-bond acceptors (Lipinski definition) is 6. The molecule has 0 saturated heterocycles. The van der Waals surface area contributed by atoms with E-state index in [0.29, 0.717) is 31.1 Å². The molecule has 0 aliphatic rings. The summed E-state index contributed by atoms with van der Waals surface area (Å²) >= 11 is 1.56. The first-order chi connectivity index (χ1) is 15.4. The topological polar surface area (TPSA) is 77.3 Å². The first kappa shape index (κ1) is 24.4. The number of ether oxygens (including phenoxy) is 1. The van der Waals surface area contributed by atoms with E-state index in [1.54, 1.807) is 30.0 Å². The van der Waals surface area contributed by atoms with Gasteiger partial charge in [0, 0.05) is 30.1 Å². The molecule has 2 aromatic carbocycles. The van der Waals surface area contributed by atoms with Gasteiger partial charge in [0.05, 0.1) is 17.6 Å². The second-order valence-corrected chi connectivity index (χ2v) is 10.4. The molecule has 1 aromatic heterocycles. The van der Waals surface area contributed by atoms with Crippen molar-refractivity contribution >= 4 is 21.8 Å². The maximum absolute atomic E-state index is 13.0. The van der Waals surface area contributed by atoms with Crippen molar-refractivity contribution in [3.8, 4) is 17.1 Å². The van der Waals surface area contributed by atoms with E-state index < -0.39 is 10.0 Å². The van der Waals surface area contributed by atoms with Gasteiger partial charge < -0.3 is 4.74 Å². The molecule has 0 spiro atoms. The van der Waals surface area contributed by atoms with Crippen molar-refractivity contribution in [3.05, 3.63) is 54.6 Å². The highest BCUT2D eigenvalue weighted by molar-refractivity contribution is 7.99. The molecule has 172 valence electrons. The van der Waals surface area contributed by atoms with Crippen LogP contribution < -0.4 is 0 Å². The van der Waals surface area contributed by atoms with Gasteiger partial charge in [-0.2, -0.15) is 4.31 Å². The average molecular weight is 475 g/mol. The van der Waals surface area contributed by atoms with Crippen molar-refractivity contribution in [1.29, 1.82) is 0 Å². The zero-order valence-corrected chi connectivity index (χ0v) is 20.6. The van der Waals surface area contributed by atoms with Crippen molar-refractivity contribution in [1.82, 2.24) is 19.1 Å². The first-order valence-corrected chi connectivity index (χ1v) is 13.2. The minimum Gasteiger partial charge on any atom is -0.378 e. The van der Waals surface area contributed by atoms with E-state index in [-0.39, 0.29) is 11.0 Å². The number of nitrogens with zero attached hydrogens (tertiary/aromatic N) is 4. The highest BCUT2D eigenvalue weighted by atomic mass is 32.2. The number of hydrogen-bond donors (Lipinski definition) is 0. The molecule has 3 aromatic rings. The van der Waals surface area contributed by atoms with Crippen LogP contribution in [-0.4, -0.2) is 59.0 Å². The summed E-state index contributed by atoms with van der Waals surface area (Å²) < 4.78 is 35.1. The molecular weight excluding hydrogens is 444 g/mol. The fourth-order valence-electron chi connectivity index (χ4n) is 3.29. The predicted octanol–water partition coefficient (Wildman–Crippen LogP) is 4.48. The molecule has 32 heavy (non-hydrogen) atoms. The second-order valence-electron chi connectivity index (χ2n) is 7.36. The third-order valence-electron chi connectivity index (χ3n) is 4.85. The summed E-state index contributed by atoms with van der Waals surface area (Å²) in [7, 11) is -3.57. The largest absolute Gasteiger partial charge is 0.378 e. The quantitative estimate of drug-likeness (QED) is 0.301. The number of benzene rings is 2. The van der Waals surface area contributed by atoms with Gasteiger partial charge in [0.1, 0.15) is 0 Å².